The highest BCUT2D eigenvalue weighted by molar-refractivity contribution is 5.48. The van der Waals surface area contributed by atoms with E-state index in [1.165, 1.54) is 5.56 Å². The van der Waals surface area contributed by atoms with Crippen LogP contribution in [0.15, 0.2) is 18.2 Å². The summed E-state index contributed by atoms with van der Waals surface area (Å²) in [6.45, 7) is 9.81. The molecular formula is C18H27NO2. The molecule has 3 nitrogen and oxygen atoms in total. The first kappa shape index (κ1) is 17.6. The van der Waals surface area contributed by atoms with Crippen molar-refractivity contribution in [3.05, 3.63) is 29.3 Å². The number of aliphatic hydroxyl groups is 1. The first-order chi connectivity index (χ1) is 10.1. The Kier molecular flexibility index (Phi) is 7.89. The predicted molar refractivity (Wildman–Crippen MR) is 87.4 cm³/mol. The van der Waals surface area contributed by atoms with E-state index in [0.717, 1.165) is 30.9 Å². The number of hydrogen-bond donors (Lipinski definition) is 1. The second-order valence-electron chi connectivity index (χ2n) is 5.53. The van der Waals surface area contributed by atoms with Crippen LogP contribution in [0.5, 0.6) is 5.75 Å². The molecule has 1 aromatic rings. The minimum Gasteiger partial charge on any atom is -0.495 e. The van der Waals surface area contributed by atoms with Crippen LogP contribution in [0.4, 0.5) is 0 Å². The second-order valence-corrected chi connectivity index (χ2v) is 5.53. The smallest absolute Gasteiger partial charge is 0.134 e. The lowest BCUT2D eigenvalue weighted by Gasteiger charge is -2.22. The van der Waals surface area contributed by atoms with E-state index in [2.05, 4.69) is 49.6 Å². The molecule has 0 amide bonds. The summed E-state index contributed by atoms with van der Waals surface area (Å²) in [5.41, 5.74) is 2.13. The molecule has 0 spiro atoms. The van der Waals surface area contributed by atoms with Gasteiger partial charge in [-0.3, -0.25) is 4.90 Å². The molecule has 0 heterocycles. The topological polar surface area (TPSA) is 32.7 Å². The highest BCUT2D eigenvalue weighted by atomic mass is 16.5. The number of hydrogen-bond acceptors (Lipinski definition) is 3. The summed E-state index contributed by atoms with van der Waals surface area (Å²) in [5, 5.41) is 8.82. The van der Waals surface area contributed by atoms with Crippen molar-refractivity contribution >= 4 is 0 Å². The zero-order valence-corrected chi connectivity index (χ0v) is 13.6. The van der Waals surface area contributed by atoms with Crippen molar-refractivity contribution < 1.29 is 9.84 Å². The van der Waals surface area contributed by atoms with Gasteiger partial charge in [0, 0.05) is 19.5 Å². The Morgan fingerprint density at radius 1 is 1.33 bits per heavy atom. The fourth-order valence-corrected chi connectivity index (χ4v) is 2.24. The Bertz CT molecular complexity index is 486. The zero-order chi connectivity index (χ0) is 15.7. The quantitative estimate of drug-likeness (QED) is 0.783. The average molecular weight is 289 g/mol. The molecule has 0 aromatic heterocycles. The molecular weight excluding hydrogens is 262 g/mol. The third-order valence-corrected chi connectivity index (χ3v) is 3.20. The van der Waals surface area contributed by atoms with Crippen LogP contribution < -0.4 is 4.74 Å². The minimum absolute atomic E-state index is 0.0903. The highest BCUT2D eigenvalue weighted by Crippen LogP contribution is 2.20. The molecule has 1 N–H and O–H groups in total. The monoisotopic (exact) mass is 289 g/mol. The molecule has 0 aliphatic heterocycles. The van der Waals surface area contributed by atoms with Crippen LogP contribution in [0.25, 0.3) is 0 Å². The van der Waals surface area contributed by atoms with Crippen LogP contribution in [0.2, 0.25) is 0 Å². The van der Waals surface area contributed by atoms with Crippen LogP contribution in [-0.4, -0.2) is 36.8 Å². The van der Waals surface area contributed by atoms with E-state index in [-0.39, 0.29) is 6.61 Å². The number of benzene rings is 1. The van der Waals surface area contributed by atoms with Crippen molar-refractivity contribution in [2.24, 2.45) is 5.92 Å². The molecule has 0 aliphatic carbocycles. The van der Waals surface area contributed by atoms with Crippen LogP contribution in [0, 0.1) is 17.8 Å². The zero-order valence-electron chi connectivity index (χ0n) is 13.6. The Balaban J connectivity index is 2.89. The van der Waals surface area contributed by atoms with Crippen molar-refractivity contribution in [1.82, 2.24) is 4.90 Å². The van der Waals surface area contributed by atoms with Gasteiger partial charge in [0.1, 0.15) is 5.75 Å². The predicted octanol–water partition coefficient (Wildman–Crippen LogP) is 2.91. The van der Waals surface area contributed by atoms with Crippen molar-refractivity contribution in [1.29, 1.82) is 0 Å². The first-order valence-corrected chi connectivity index (χ1v) is 7.59. The van der Waals surface area contributed by atoms with Crippen molar-refractivity contribution in [2.45, 2.75) is 33.7 Å². The SMILES string of the molecule is CCN(Cc1ccc(OC)c(C#CCCO)c1)CC(C)C. The maximum Gasteiger partial charge on any atom is 0.134 e. The van der Waals surface area contributed by atoms with E-state index < -0.39 is 0 Å². The van der Waals surface area contributed by atoms with E-state index in [0.29, 0.717) is 12.3 Å². The molecule has 0 fully saturated rings. The fourth-order valence-electron chi connectivity index (χ4n) is 2.24. The summed E-state index contributed by atoms with van der Waals surface area (Å²) in [6, 6.07) is 6.16. The largest absolute Gasteiger partial charge is 0.495 e. The van der Waals surface area contributed by atoms with Crippen LogP contribution in [-0.2, 0) is 6.54 Å². The second kappa shape index (κ2) is 9.44. The lowest BCUT2D eigenvalue weighted by Crippen LogP contribution is -2.27. The van der Waals surface area contributed by atoms with Gasteiger partial charge in [-0.15, -0.1) is 0 Å². The van der Waals surface area contributed by atoms with Crippen molar-refractivity contribution in [3.63, 3.8) is 0 Å². The normalized spacial score (nSPS) is 10.6. The summed E-state index contributed by atoms with van der Waals surface area (Å²) in [7, 11) is 1.66. The van der Waals surface area contributed by atoms with Gasteiger partial charge in [0.15, 0.2) is 0 Å². The molecule has 0 bridgehead atoms. The van der Waals surface area contributed by atoms with E-state index >= 15 is 0 Å². The number of rotatable bonds is 7. The Hall–Kier alpha value is -1.50. The summed E-state index contributed by atoms with van der Waals surface area (Å²) < 4.78 is 5.35. The fraction of sp³-hybridized carbons (Fsp3) is 0.556. The summed E-state index contributed by atoms with van der Waals surface area (Å²) in [6.07, 6.45) is 0.488. The molecule has 0 aliphatic rings. The van der Waals surface area contributed by atoms with Gasteiger partial charge in [-0.25, -0.2) is 0 Å². The van der Waals surface area contributed by atoms with Gasteiger partial charge < -0.3 is 9.84 Å². The highest BCUT2D eigenvalue weighted by Gasteiger charge is 2.08. The standard InChI is InChI=1S/C18H27NO2/c1-5-19(13-15(2)3)14-16-9-10-18(21-4)17(12-16)8-6-7-11-20/h9-10,12,15,20H,5,7,11,13-14H2,1-4H3. The Labute approximate surface area is 128 Å². The van der Waals surface area contributed by atoms with Crippen molar-refractivity contribution in [2.75, 3.05) is 26.8 Å². The number of aliphatic hydroxyl groups excluding tert-OH is 1. The number of nitrogens with zero attached hydrogens (tertiary/aromatic N) is 1. The van der Waals surface area contributed by atoms with Gasteiger partial charge in [0.25, 0.3) is 0 Å². The summed E-state index contributed by atoms with van der Waals surface area (Å²) >= 11 is 0. The van der Waals surface area contributed by atoms with Crippen LogP contribution in [0.1, 0.15) is 38.3 Å². The van der Waals surface area contributed by atoms with Crippen molar-refractivity contribution in [3.8, 4) is 17.6 Å². The maximum absolute atomic E-state index is 8.82. The summed E-state index contributed by atoms with van der Waals surface area (Å²) in [4.78, 5) is 2.43. The molecule has 3 heteroatoms. The van der Waals surface area contributed by atoms with E-state index in [4.69, 9.17) is 9.84 Å². The third-order valence-electron chi connectivity index (χ3n) is 3.20. The number of ether oxygens (including phenoxy) is 1. The molecule has 0 unspecified atom stereocenters. The van der Waals surface area contributed by atoms with Crippen LogP contribution >= 0.6 is 0 Å². The number of methoxy groups -OCH3 is 1. The average Bonchev–Trinajstić information content (AvgIpc) is 2.46. The Morgan fingerprint density at radius 3 is 2.67 bits per heavy atom. The van der Waals surface area contributed by atoms with E-state index in [1.54, 1.807) is 7.11 Å². The van der Waals surface area contributed by atoms with Crippen LogP contribution in [0.3, 0.4) is 0 Å². The minimum atomic E-state index is 0.0903. The Morgan fingerprint density at radius 2 is 2.10 bits per heavy atom. The molecule has 0 atom stereocenters. The van der Waals surface area contributed by atoms with Gasteiger partial charge in [0.2, 0.25) is 0 Å². The molecule has 0 radical (unpaired) electrons. The first-order valence-electron chi connectivity index (χ1n) is 7.59. The molecule has 0 saturated carbocycles. The maximum atomic E-state index is 8.82. The third kappa shape index (κ3) is 6.20. The van der Waals surface area contributed by atoms with Gasteiger partial charge >= 0.3 is 0 Å². The molecule has 21 heavy (non-hydrogen) atoms. The molecule has 0 saturated heterocycles. The van der Waals surface area contributed by atoms with Gasteiger partial charge in [-0.2, -0.15) is 0 Å². The lowest BCUT2D eigenvalue weighted by molar-refractivity contribution is 0.248. The molecule has 116 valence electrons. The van der Waals surface area contributed by atoms with Gasteiger partial charge in [0.05, 0.1) is 19.3 Å². The molecule has 1 rings (SSSR count). The summed E-state index contributed by atoms with van der Waals surface area (Å²) in [5.74, 6) is 7.49. The van der Waals surface area contributed by atoms with E-state index in [9.17, 15) is 0 Å². The van der Waals surface area contributed by atoms with Gasteiger partial charge in [-0.1, -0.05) is 38.7 Å². The molecule has 1 aromatic carbocycles. The van der Waals surface area contributed by atoms with Gasteiger partial charge in [-0.05, 0) is 30.2 Å². The lowest BCUT2D eigenvalue weighted by atomic mass is 10.1. The van der Waals surface area contributed by atoms with E-state index in [1.807, 2.05) is 6.07 Å².